The SMILES string of the molecule is O=C(Cc1ccc([N+](=O)[O-])cc1)C1CC1. The molecule has 0 unspecified atom stereocenters. The molecule has 1 saturated carbocycles. The highest BCUT2D eigenvalue weighted by Crippen LogP contribution is 2.31. The fourth-order valence-corrected chi connectivity index (χ4v) is 1.49. The van der Waals surface area contributed by atoms with Gasteiger partial charge in [-0.1, -0.05) is 12.1 Å². The van der Waals surface area contributed by atoms with Crippen LogP contribution in [0.2, 0.25) is 0 Å². The molecule has 0 spiro atoms. The molecule has 0 atom stereocenters. The Morgan fingerprint density at radius 1 is 1.33 bits per heavy atom. The summed E-state index contributed by atoms with van der Waals surface area (Å²) >= 11 is 0. The van der Waals surface area contributed by atoms with Crippen LogP contribution in [0.3, 0.4) is 0 Å². The van der Waals surface area contributed by atoms with E-state index in [2.05, 4.69) is 0 Å². The molecule has 1 aliphatic rings. The number of benzene rings is 1. The first-order valence-electron chi connectivity index (χ1n) is 4.93. The number of Topliss-reactive ketones (excluding diaryl/α,β-unsaturated/α-hetero) is 1. The zero-order valence-corrected chi connectivity index (χ0v) is 8.18. The Bertz CT molecular complexity index is 393. The summed E-state index contributed by atoms with van der Waals surface area (Å²) in [4.78, 5) is 21.4. The number of non-ortho nitro benzene ring substituents is 1. The standard InChI is InChI=1S/C11H11NO3/c13-11(9-3-4-9)7-8-1-5-10(6-2-8)12(14)15/h1-2,5-6,9H,3-4,7H2. The van der Waals surface area contributed by atoms with Crippen LogP contribution >= 0.6 is 0 Å². The molecular formula is C11H11NO3. The smallest absolute Gasteiger partial charge is 0.269 e. The fraction of sp³-hybridized carbons (Fsp3) is 0.364. The number of hydrogen-bond acceptors (Lipinski definition) is 3. The molecule has 4 heteroatoms. The minimum atomic E-state index is -0.438. The second-order valence-corrected chi connectivity index (χ2v) is 3.84. The lowest BCUT2D eigenvalue weighted by Gasteiger charge is -1.98. The molecule has 15 heavy (non-hydrogen) atoms. The summed E-state index contributed by atoms with van der Waals surface area (Å²) in [5, 5.41) is 10.4. The van der Waals surface area contributed by atoms with E-state index in [4.69, 9.17) is 0 Å². The summed E-state index contributed by atoms with van der Waals surface area (Å²) in [6.45, 7) is 0. The minimum absolute atomic E-state index is 0.0672. The van der Waals surface area contributed by atoms with Gasteiger partial charge < -0.3 is 0 Å². The maximum atomic E-state index is 11.5. The van der Waals surface area contributed by atoms with Crippen LogP contribution in [0.5, 0.6) is 0 Å². The number of rotatable bonds is 4. The summed E-state index contributed by atoms with van der Waals surface area (Å²) in [6, 6.07) is 6.18. The molecule has 0 bridgehead atoms. The zero-order chi connectivity index (χ0) is 10.8. The molecule has 2 rings (SSSR count). The van der Waals surface area contributed by atoms with Gasteiger partial charge in [0.25, 0.3) is 5.69 Å². The van der Waals surface area contributed by atoms with E-state index < -0.39 is 4.92 Å². The number of nitrogens with zero attached hydrogens (tertiary/aromatic N) is 1. The monoisotopic (exact) mass is 205 g/mol. The Kier molecular flexibility index (Phi) is 2.49. The summed E-state index contributed by atoms with van der Waals surface area (Å²) < 4.78 is 0. The number of hydrogen-bond donors (Lipinski definition) is 0. The Morgan fingerprint density at radius 3 is 2.40 bits per heavy atom. The molecule has 0 heterocycles. The van der Waals surface area contributed by atoms with Crippen molar-refractivity contribution in [2.45, 2.75) is 19.3 Å². The molecule has 1 aliphatic carbocycles. The van der Waals surface area contributed by atoms with E-state index in [0.717, 1.165) is 18.4 Å². The van der Waals surface area contributed by atoms with Gasteiger partial charge in [0, 0.05) is 24.5 Å². The van der Waals surface area contributed by atoms with Gasteiger partial charge in [0.1, 0.15) is 5.78 Å². The molecule has 0 saturated heterocycles. The van der Waals surface area contributed by atoms with Crippen molar-refractivity contribution in [3.05, 3.63) is 39.9 Å². The summed E-state index contributed by atoms with van der Waals surface area (Å²) in [5.41, 5.74) is 0.926. The topological polar surface area (TPSA) is 60.2 Å². The third kappa shape index (κ3) is 2.40. The highest BCUT2D eigenvalue weighted by atomic mass is 16.6. The van der Waals surface area contributed by atoms with Crippen LogP contribution < -0.4 is 0 Å². The lowest BCUT2D eigenvalue weighted by molar-refractivity contribution is -0.384. The predicted molar refractivity (Wildman–Crippen MR) is 54.5 cm³/mol. The third-order valence-electron chi connectivity index (χ3n) is 2.56. The van der Waals surface area contributed by atoms with Gasteiger partial charge in [0.15, 0.2) is 0 Å². The van der Waals surface area contributed by atoms with E-state index in [-0.39, 0.29) is 17.4 Å². The Hall–Kier alpha value is -1.71. The van der Waals surface area contributed by atoms with Crippen molar-refractivity contribution in [3.63, 3.8) is 0 Å². The molecule has 0 aromatic heterocycles. The Balaban J connectivity index is 2.03. The summed E-state index contributed by atoms with van der Waals surface area (Å²) in [6.07, 6.45) is 2.42. The van der Waals surface area contributed by atoms with Gasteiger partial charge in [-0.2, -0.15) is 0 Å². The lowest BCUT2D eigenvalue weighted by atomic mass is 10.1. The van der Waals surface area contributed by atoms with Gasteiger partial charge in [-0.25, -0.2) is 0 Å². The van der Waals surface area contributed by atoms with Crippen LogP contribution in [0.1, 0.15) is 18.4 Å². The molecule has 0 radical (unpaired) electrons. The van der Waals surface area contributed by atoms with Crippen LogP contribution in [0, 0.1) is 16.0 Å². The minimum Gasteiger partial charge on any atom is -0.299 e. The summed E-state index contributed by atoms with van der Waals surface area (Å²) in [5.74, 6) is 0.504. The van der Waals surface area contributed by atoms with E-state index >= 15 is 0 Å². The summed E-state index contributed by atoms with van der Waals surface area (Å²) in [7, 11) is 0. The molecule has 0 aliphatic heterocycles. The Labute approximate surface area is 87.1 Å². The van der Waals surface area contributed by atoms with Gasteiger partial charge >= 0.3 is 0 Å². The second-order valence-electron chi connectivity index (χ2n) is 3.84. The Morgan fingerprint density at radius 2 is 1.93 bits per heavy atom. The van der Waals surface area contributed by atoms with Crippen molar-refractivity contribution in [1.82, 2.24) is 0 Å². The average molecular weight is 205 g/mol. The van der Waals surface area contributed by atoms with Crippen LogP contribution in [0.4, 0.5) is 5.69 Å². The number of carbonyl (C=O) groups is 1. The van der Waals surface area contributed by atoms with Gasteiger partial charge in [0.05, 0.1) is 4.92 Å². The van der Waals surface area contributed by atoms with Gasteiger partial charge in [-0.3, -0.25) is 14.9 Å². The average Bonchev–Trinajstić information content (AvgIpc) is 3.01. The van der Waals surface area contributed by atoms with Crippen molar-refractivity contribution >= 4 is 11.5 Å². The fourth-order valence-electron chi connectivity index (χ4n) is 1.49. The molecule has 0 N–H and O–H groups in total. The second kappa shape index (κ2) is 3.81. The van der Waals surface area contributed by atoms with Gasteiger partial charge in [0.2, 0.25) is 0 Å². The van der Waals surface area contributed by atoms with Crippen molar-refractivity contribution in [2.75, 3.05) is 0 Å². The number of nitro groups is 1. The quantitative estimate of drug-likeness (QED) is 0.558. The van der Waals surface area contributed by atoms with Crippen molar-refractivity contribution in [1.29, 1.82) is 0 Å². The van der Waals surface area contributed by atoms with E-state index in [9.17, 15) is 14.9 Å². The lowest BCUT2D eigenvalue weighted by Crippen LogP contribution is -2.04. The first kappa shape index (κ1) is 9.83. The number of nitro benzene ring substituents is 1. The van der Waals surface area contributed by atoms with Gasteiger partial charge in [-0.15, -0.1) is 0 Å². The first-order valence-corrected chi connectivity index (χ1v) is 4.93. The molecule has 1 aromatic rings. The predicted octanol–water partition coefficient (Wildman–Crippen LogP) is 2.12. The van der Waals surface area contributed by atoms with E-state index in [1.165, 1.54) is 12.1 Å². The van der Waals surface area contributed by atoms with Crippen LogP contribution in [0.15, 0.2) is 24.3 Å². The molecule has 1 fully saturated rings. The van der Waals surface area contributed by atoms with Gasteiger partial charge in [-0.05, 0) is 18.4 Å². The van der Waals surface area contributed by atoms with E-state index in [1.54, 1.807) is 12.1 Å². The van der Waals surface area contributed by atoms with E-state index in [1.807, 2.05) is 0 Å². The van der Waals surface area contributed by atoms with Crippen LogP contribution in [-0.2, 0) is 11.2 Å². The molecular weight excluding hydrogens is 194 g/mol. The largest absolute Gasteiger partial charge is 0.299 e. The number of ketones is 1. The normalized spacial score (nSPS) is 14.9. The molecule has 1 aromatic carbocycles. The molecule has 78 valence electrons. The number of carbonyl (C=O) groups excluding carboxylic acids is 1. The zero-order valence-electron chi connectivity index (χ0n) is 8.18. The van der Waals surface area contributed by atoms with Crippen molar-refractivity contribution < 1.29 is 9.72 Å². The third-order valence-corrected chi connectivity index (χ3v) is 2.56. The molecule has 4 nitrogen and oxygen atoms in total. The molecule has 0 amide bonds. The first-order chi connectivity index (χ1) is 7.16. The highest BCUT2D eigenvalue weighted by Gasteiger charge is 2.29. The maximum absolute atomic E-state index is 11.5. The van der Waals surface area contributed by atoms with E-state index in [0.29, 0.717) is 6.42 Å². The maximum Gasteiger partial charge on any atom is 0.269 e. The highest BCUT2D eigenvalue weighted by molar-refractivity contribution is 5.85. The van der Waals surface area contributed by atoms with Crippen LogP contribution in [0.25, 0.3) is 0 Å². The van der Waals surface area contributed by atoms with Crippen LogP contribution in [-0.4, -0.2) is 10.7 Å². The van der Waals surface area contributed by atoms with Crippen molar-refractivity contribution in [2.24, 2.45) is 5.92 Å². The van der Waals surface area contributed by atoms with Crippen molar-refractivity contribution in [3.8, 4) is 0 Å².